The number of thiazole rings is 1. The summed E-state index contributed by atoms with van der Waals surface area (Å²) in [6, 6.07) is 9.17. The summed E-state index contributed by atoms with van der Waals surface area (Å²) in [6.45, 7) is 7.90. The average molecular weight is 395 g/mol. The monoisotopic (exact) mass is 395 g/mol. The molecule has 0 atom stereocenters. The van der Waals surface area contributed by atoms with Gasteiger partial charge in [-0.3, -0.25) is 4.79 Å². The van der Waals surface area contributed by atoms with Gasteiger partial charge in [-0.1, -0.05) is 17.9 Å². The van der Waals surface area contributed by atoms with Gasteiger partial charge in [0.15, 0.2) is 5.13 Å². The Hall–Kier alpha value is -3.26. The van der Waals surface area contributed by atoms with Gasteiger partial charge in [-0.25, -0.2) is 4.98 Å². The van der Waals surface area contributed by atoms with Crippen molar-refractivity contribution >= 4 is 49.7 Å². The van der Waals surface area contributed by atoms with Crippen LogP contribution in [-0.2, 0) is 0 Å². The topological polar surface area (TPSA) is 92.5 Å². The van der Waals surface area contributed by atoms with Crippen molar-refractivity contribution < 1.29 is 9.53 Å². The van der Waals surface area contributed by atoms with Gasteiger partial charge in [0.1, 0.15) is 17.1 Å². The fourth-order valence-electron chi connectivity index (χ4n) is 3.07. The molecule has 28 heavy (non-hydrogen) atoms. The molecule has 0 fully saturated rings. The number of anilines is 4. The first-order chi connectivity index (χ1) is 13.3. The zero-order valence-corrected chi connectivity index (χ0v) is 16.7. The van der Waals surface area contributed by atoms with Gasteiger partial charge in [-0.05, 0) is 44.2 Å². The summed E-state index contributed by atoms with van der Waals surface area (Å²) >= 11 is 1.52. The van der Waals surface area contributed by atoms with E-state index in [1.54, 1.807) is 18.2 Å². The van der Waals surface area contributed by atoms with Crippen molar-refractivity contribution in [3.8, 4) is 5.75 Å². The number of amides is 1. The van der Waals surface area contributed by atoms with Crippen molar-refractivity contribution in [2.24, 2.45) is 5.73 Å². The van der Waals surface area contributed by atoms with E-state index in [1.165, 1.54) is 11.3 Å². The van der Waals surface area contributed by atoms with Gasteiger partial charge >= 0.3 is 0 Å². The molecule has 1 aliphatic rings. The Balaban J connectivity index is 1.74. The van der Waals surface area contributed by atoms with Crippen LogP contribution in [0.4, 0.5) is 22.2 Å². The first-order valence-electron chi connectivity index (χ1n) is 8.84. The molecule has 1 aliphatic heterocycles. The molecule has 4 rings (SSSR count). The molecule has 0 aliphatic carbocycles. The second kappa shape index (κ2) is 6.72. The predicted octanol–water partition coefficient (Wildman–Crippen LogP) is 4.26. The van der Waals surface area contributed by atoms with Gasteiger partial charge < -0.3 is 26.0 Å². The van der Waals surface area contributed by atoms with Crippen molar-refractivity contribution in [2.45, 2.75) is 20.0 Å². The first-order valence-corrected chi connectivity index (χ1v) is 9.66. The Bertz CT molecular complexity index is 1110. The summed E-state index contributed by atoms with van der Waals surface area (Å²) in [7, 11) is 1.96. The van der Waals surface area contributed by atoms with Crippen LogP contribution < -0.4 is 26.0 Å². The Morgan fingerprint density at radius 1 is 1.36 bits per heavy atom. The molecule has 144 valence electrons. The molecule has 1 aromatic heterocycles. The Kier molecular flexibility index (Phi) is 4.35. The highest BCUT2D eigenvalue weighted by Gasteiger charge is 2.23. The number of nitrogens with zero attached hydrogens (tertiary/aromatic N) is 2. The van der Waals surface area contributed by atoms with Crippen molar-refractivity contribution in [3.63, 3.8) is 0 Å². The Labute approximate surface area is 166 Å². The first kappa shape index (κ1) is 18.1. The van der Waals surface area contributed by atoms with Crippen LogP contribution in [0.25, 0.3) is 10.2 Å². The summed E-state index contributed by atoms with van der Waals surface area (Å²) in [6.07, 6.45) is -0.00985. The SMILES string of the molecule is C=C1Nc2c(ccc3sc(Nc4cc(C(N)=O)ccc4OC(C)C)nc23)N1C. The predicted molar refractivity (Wildman–Crippen MR) is 115 cm³/mol. The van der Waals surface area contributed by atoms with E-state index in [0.29, 0.717) is 22.1 Å². The van der Waals surface area contributed by atoms with E-state index < -0.39 is 5.91 Å². The second-order valence-electron chi connectivity index (χ2n) is 6.82. The molecule has 0 saturated carbocycles. The number of benzene rings is 2. The molecule has 0 saturated heterocycles. The smallest absolute Gasteiger partial charge is 0.248 e. The number of hydrogen-bond acceptors (Lipinski definition) is 7. The highest BCUT2D eigenvalue weighted by Crippen LogP contribution is 2.43. The van der Waals surface area contributed by atoms with Gasteiger partial charge in [0.25, 0.3) is 0 Å². The van der Waals surface area contributed by atoms with E-state index in [9.17, 15) is 4.79 Å². The van der Waals surface area contributed by atoms with Crippen molar-refractivity contribution in [3.05, 3.63) is 48.3 Å². The zero-order valence-electron chi connectivity index (χ0n) is 15.9. The molecule has 0 unspecified atom stereocenters. The molecule has 0 radical (unpaired) electrons. The third-order valence-electron chi connectivity index (χ3n) is 4.44. The lowest BCUT2D eigenvalue weighted by molar-refractivity contribution is 0.100. The van der Waals surface area contributed by atoms with Crippen molar-refractivity contribution in [1.29, 1.82) is 0 Å². The second-order valence-corrected chi connectivity index (χ2v) is 7.85. The number of carbonyl (C=O) groups is 1. The Morgan fingerprint density at radius 3 is 2.86 bits per heavy atom. The lowest BCUT2D eigenvalue weighted by Crippen LogP contribution is -2.12. The fourth-order valence-corrected chi connectivity index (χ4v) is 3.95. The molecule has 0 bridgehead atoms. The molecule has 1 amide bonds. The third-order valence-corrected chi connectivity index (χ3v) is 5.38. The highest BCUT2D eigenvalue weighted by atomic mass is 32.1. The van der Waals surface area contributed by atoms with Crippen LogP contribution in [0.3, 0.4) is 0 Å². The molecule has 2 heterocycles. The van der Waals surface area contributed by atoms with Crippen LogP contribution >= 0.6 is 11.3 Å². The minimum absolute atomic E-state index is 0.00985. The van der Waals surface area contributed by atoms with Crippen LogP contribution in [0.15, 0.2) is 42.7 Å². The normalized spacial score (nSPS) is 13.0. The number of carbonyl (C=O) groups excluding carboxylic acids is 1. The maximum Gasteiger partial charge on any atom is 0.248 e. The molecule has 7 nitrogen and oxygen atoms in total. The lowest BCUT2D eigenvalue weighted by Gasteiger charge is -2.15. The number of nitrogens with two attached hydrogens (primary N) is 1. The number of ether oxygens (including phenoxy) is 1. The number of primary amides is 1. The van der Waals surface area contributed by atoms with Crippen LogP contribution in [0.2, 0.25) is 0 Å². The van der Waals surface area contributed by atoms with Gasteiger partial charge in [0, 0.05) is 12.6 Å². The van der Waals surface area contributed by atoms with E-state index >= 15 is 0 Å². The van der Waals surface area contributed by atoms with E-state index in [0.717, 1.165) is 27.4 Å². The van der Waals surface area contributed by atoms with Gasteiger partial charge in [0.2, 0.25) is 5.91 Å². The average Bonchev–Trinajstić information content (AvgIpc) is 3.17. The third kappa shape index (κ3) is 3.11. The molecule has 4 N–H and O–H groups in total. The quantitative estimate of drug-likeness (QED) is 0.598. The van der Waals surface area contributed by atoms with E-state index in [-0.39, 0.29) is 6.10 Å². The van der Waals surface area contributed by atoms with Crippen LogP contribution in [-0.4, -0.2) is 24.0 Å². The lowest BCUT2D eigenvalue weighted by atomic mass is 10.1. The van der Waals surface area contributed by atoms with Crippen molar-refractivity contribution in [1.82, 2.24) is 4.98 Å². The molecule has 2 aromatic carbocycles. The van der Waals surface area contributed by atoms with Crippen LogP contribution in [0, 0.1) is 0 Å². The summed E-state index contributed by atoms with van der Waals surface area (Å²) in [4.78, 5) is 18.3. The Morgan fingerprint density at radius 2 is 2.14 bits per heavy atom. The zero-order chi connectivity index (χ0) is 20.0. The number of aromatic nitrogens is 1. The largest absolute Gasteiger partial charge is 0.489 e. The van der Waals surface area contributed by atoms with E-state index in [4.69, 9.17) is 15.5 Å². The minimum Gasteiger partial charge on any atom is -0.489 e. The molecular formula is C20H21N5O2S. The summed E-state index contributed by atoms with van der Waals surface area (Å²) in [5.74, 6) is 0.953. The standard InChI is InChI=1S/C20H21N5O2S/c1-10(2)27-15-7-5-12(19(21)26)9-13(15)23-20-24-18-16(28-20)8-6-14-17(18)22-11(3)25(14)4/h5-10,22H,3H2,1-2,4H3,(H2,21,26)(H,23,24). The molecular weight excluding hydrogens is 374 g/mol. The minimum atomic E-state index is -0.494. The summed E-state index contributed by atoms with van der Waals surface area (Å²) in [5.41, 5.74) is 9.33. The summed E-state index contributed by atoms with van der Waals surface area (Å²) < 4.78 is 6.90. The number of nitrogens with one attached hydrogen (secondary N) is 2. The van der Waals surface area contributed by atoms with Gasteiger partial charge in [0.05, 0.1) is 27.9 Å². The summed E-state index contributed by atoms with van der Waals surface area (Å²) in [5, 5.41) is 7.27. The fraction of sp³-hybridized carbons (Fsp3) is 0.200. The van der Waals surface area contributed by atoms with E-state index in [1.807, 2.05) is 37.9 Å². The maximum atomic E-state index is 11.6. The number of rotatable bonds is 5. The van der Waals surface area contributed by atoms with Gasteiger partial charge in [-0.2, -0.15) is 0 Å². The van der Waals surface area contributed by atoms with Crippen LogP contribution in [0.5, 0.6) is 5.75 Å². The number of fused-ring (bicyclic) bond motifs is 3. The van der Waals surface area contributed by atoms with Crippen molar-refractivity contribution in [2.75, 3.05) is 22.6 Å². The van der Waals surface area contributed by atoms with E-state index in [2.05, 4.69) is 17.2 Å². The number of hydrogen-bond donors (Lipinski definition) is 3. The molecule has 3 aromatic rings. The molecule has 8 heteroatoms. The molecule has 0 spiro atoms. The van der Waals surface area contributed by atoms with Crippen LogP contribution in [0.1, 0.15) is 24.2 Å². The van der Waals surface area contributed by atoms with Gasteiger partial charge in [-0.15, -0.1) is 0 Å². The highest BCUT2D eigenvalue weighted by molar-refractivity contribution is 7.22. The maximum absolute atomic E-state index is 11.6.